The second kappa shape index (κ2) is 17.3. The molecule has 0 N–H and O–H groups in total. The van der Waals surface area contributed by atoms with Crippen LogP contribution in [0, 0.1) is 0 Å². The van der Waals surface area contributed by atoms with E-state index in [1.54, 1.807) is 0 Å². The zero-order valence-corrected chi connectivity index (χ0v) is 40.5. The molecule has 4 aromatic heterocycles. The van der Waals surface area contributed by atoms with Crippen molar-refractivity contribution >= 4 is 65.6 Å². The molecule has 0 aliphatic carbocycles. The molecule has 15 rings (SSSR count). The van der Waals surface area contributed by atoms with Gasteiger partial charge < -0.3 is 13.6 Å². The van der Waals surface area contributed by atoms with E-state index in [-0.39, 0.29) is 0 Å². The fourth-order valence-corrected chi connectivity index (χ4v) is 11.4. The molecule has 11 aromatic carbocycles. The van der Waals surface area contributed by atoms with Crippen LogP contribution in [0.3, 0.4) is 0 Å². The topological polar surface area (TPSA) is 61.7 Å². The Morgan fingerprint density at radius 1 is 0.267 bits per heavy atom. The zero-order valence-electron chi connectivity index (χ0n) is 40.5. The van der Waals surface area contributed by atoms with Gasteiger partial charge in [0.05, 0.1) is 27.8 Å². The van der Waals surface area contributed by atoms with Crippen molar-refractivity contribution in [1.29, 1.82) is 0 Å². The van der Waals surface area contributed by atoms with Crippen LogP contribution < -0.4 is 0 Å². The summed E-state index contributed by atoms with van der Waals surface area (Å²) in [6.45, 7) is 0. The van der Waals surface area contributed by atoms with Crippen LogP contribution in [0.4, 0.5) is 0 Å². The van der Waals surface area contributed by atoms with Gasteiger partial charge in [-0.25, -0.2) is 15.0 Å². The van der Waals surface area contributed by atoms with Gasteiger partial charge in [0, 0.05) is 54.7 Å². The van der Waals surface area contributed by atoms with Crippen LogP contribution in [0.5, 0.6) is 0 Å². The molecule has 0 unspecified atom stereocenters. The van der Waals surface area contributed by atoms with Crippen molar-refractivity contribution in [3.05, 3.63) is 261 Å². The Morgan fingerprint density at radius 3 is 1.49 bits per heavy atom. The third-order valence-corrected chi connectivity index (χ3v) is 14.8. The van der Waals surface area contributed by atoms with E-state index in [4.69, 9.17) is 19.4 Å². The molecule has 0 atom stereocenters. The van der Waals surface area contributed by atoms with Gasteiger partial charge in [-0.15, -0.1) is 0 Å². The number of rotatable bonds is 8. The Hall–Kier alpha value is -10.2. The lowest BCUT2D eigenvalue weighted by molar-refractivity contribution is 0.669. The van der Waals surface area contributed by atoms with E-state index in [0.29, 0.717) is 17.5 Å². The van der Waals surface area contributed by atoms with Crippen molar-refractivity contribution in [1.82, 2.24) is 24.1 Å². The highest BCUT2D eigenvalue weighted by Crippen LogP contribution is 2.46. The van der Waals surface area contributed by atoms with Crippen LogP contribution in [-0.4, -0.2) is 24.1 Å². The van der Waals surface area contributed by atoms with E-state index in [1.165, 1.54) is 32.8 Å². The molecule has 0 saturated heterocycles. The Bertz CT molecular complexity index is 4700. The second-order valence-corrected chi connectivity index (χ2v) is 19.1. The van der Waals surface area contributed by atoms with Crippen molar-refractivity contribution in [2.24, 2.45) is 0 Å². The van der Waals surface area contributed by atoms with Gasteiger partial charge in [-0.2, -0.15) is 0 Å². The Labute approximate surface area is 431 Å². The average Bonchev–Trinajstić information content (AvgIpc) is 4.22. The first-order valence-electron chi connectivity index (χ1n) is 25.3. The van der Waals surface area contributed by atoms with Crippen molar-refractivity contribution < 1.29 is 4.42 Å². The molecule has 0 aliphatic heterocycles. The Morgan fingerprint density at radius 2 is 0.747 bits per heavy atom. The third kappa shape index (κ3) is 6.99. The van der Waals surface area contributed by atoms with E-state index in [2.05, 4.69) is 246 Å². The zero-order chi connectivity index (χ0) is 49.4. The monoisotopic (exact) mass is 957 g/mol. The molecule has 0 bridgehead atoms. The molecule has 75 heavy (non-hydrogen) atoms. The molecule has 0 saturated carbocycles. The van der Waals surface area contributed by atoms with Crippen molar-refractivity contribution in [3.8, 4) is 78.9 Å². The first-order valence-corrected chi connectivity index (χ1v) is 25.3. The molecule has 0 aliphatic rings. The van der Waals surface area contributed by atoms with Crippen LogP contribution in [-0.2, 0) is 0 Å². The number of benzene rings is 11. The molecule has 0 amide bonds. The minimum absolute atomic E-state index is 0.556. The highest BCUT2D eigenvalue weighted by Gasteiger charge is 2.24. The van der Waals surface area contributed by atoms with Crippen molar-refractivity contribution in [2.45, 2.75) is 0 Å². The van der Waals surface area contributed by atoms with E-state index < -0.39 is 0 Å². The van der Waals surface area contributed by atoms with Gasteiger partial charge in [0.1, 0.15) is 11.2 Å². The van der Waals surface area contributed by atoms with Crippen molar-refractivity contribution in [3.63, 3.8) is 0 Å². The molecular formula is C69H43N5O. The van der Waals surface area contributed by atoms with Gasteiger partial charge in [-0.3, -0.25) is 0 Å². The highest BCUT2D eigenvalue weighted by molar-refractivity contribution is 6.22. The van der Waals surface area contributed by atoms with E-state index in [9.17, 15) is 0 Å². The summed E-state index contributed by atoms with van der Waals surface area (Å²) in [6.07, 6.45) is 0. The predicted octanol–water partition coefficient (Wildman–Crippen LogP) is 18.0. The molecule has 4 heterocycles. The number of aromatic nitrogens is 5. The Balaban J connectivity index is 0.947. The molecule has 0 radical (unpaired) electrons. The third-order valence-electron chi connectivity index (χ3n) is 14.8. The minimum atomic E-state index is 0.556. The largest absolute Gasteiger partial charge is 0.456 e. The summed E-state index contributed by atoms with van der Waals surface area (Å²) in [5.41, 5.74) is 17.7. The maximum Gasteiger partial charge on any atom is 0.166 e. The summed E-state index contributed by atoms with van der Waals surface area (Å²) in [4.78, 5) is 16.0. The number of hydrogen-bond donors (Lipinski definition) is 0. The van der Waals surface area contributed by atoms with Crippen LogP contribution in [0.2, 0.25) is 0 Å². The lowest BCUT2D eigenvalue weighted by atomic mass is 9.95. The number of furan rings is 1. The summed E-state index contributed by atoms with van der Waals surface area (Å²) in [6, 6.07) is 92.4. The summed E-state index contributed by atoms with van der Waals surface area (Å²) in [7, 11) is 0. The average molecular weight is 958 g/mol. The van der Waals surface area contributed by atoms with Gasteiger partial charge in [0.2, 0.25) is 0 Å². The highest BCUT2D eigenvalue weighted by atomic mass is 16.3. The number of nitrogens with zero attached hydrogens (tertiary/aromatic N) is 5. The molecule has 6 heteroatoms. The van der Waals surface area contributed by atoms with Gasteiger partial charge in [0.25, 0.3) is 0 Å². The van der Waals surface area contributed by atoms with Crippen LogP contribution in [0.15, 0.2) is 265 Å². The lowest BCUT2D eigenvalue weighted by Gasteiger charge is -2.15. The first-order chi connectivity index (χ1) is 37.2. The Kier molecular flexibility index (Phi) is 9.78. The quantitative estimate of drug-likeness (QED) is 0.152. The summed E-state index contributed by atoms with van der Waals surface area (Å²) < 4.78 is 11.2. The normalized spacial score (nSPS) is 11.7. The van der Waals surface area contributed by atoms with Gasteiger partial charge in [-0.1, -0.05) is 188 Å². The smallest absolute Gasteiger partial charge is 0.166 e. The number of para-hydroxylation sites is 4. The molecule has 0 spiro atoms. The molecule has 6 nitrogen and oxygen atoms in total. The van der Waals surface area contributed by atoms with Gasteiger partial charge in [-0.05, 0) is 106 Å². The maximum atomic E-state index is 6.41. The predicted molar refractivity (Wildman–Crippen MR) is 308 cm³/mol. The van der Waals surface area contributed by atoms with Crippen LogP contribution in [0.1, 0.15) is 0 Å². The molecule has 350 valence electrons. The van der Waals surface area contributed by atoms with E-state index in [0.717, 1.165) is 94.1 Å². The summed E-state index contributed by atoms with van der Waals surface area (Å²) >= 11 is 0. The van der Waals surface area contributed by atoms with Crippen molar-refractivity contribution in [2.75, 3.05) is 0 Å². The SMILES string of the molecule is c1ccc(-c2cccc(-c3nc(-c4ccc5c(c4)oc4ccccc45)nc(-c4ccccc4-n4c5ccccc5c5c(-c6cccc7c6c6ccc(-c8ccccc8)cc6n7-c6ccccc6)cccc54)n3)c2)cc1. The van der Waals surface area contributed by atoms with Gasteiger partial charge in [0.15, 0.2) is 17.5 Å². The van der Waals surface area contributed by atoms with Gasteiger partial charge >= 0.3 is 0 Å². The molecular weight excluding hydrogens is 915 g/mol. The number of fused-ring (bicyclic) bond motifs is 9. The maximum absolute atomic E-state index is 6.41. The fraction of sp³-hybridized carbons (Fsp3) is 0. The fourth-order valence-electron chi connectivity index (χ4n) is 11.4. The summed E-state index contributed by atoms with van der Waals surface area (Å²) in [5.74, 6) is 1.70. The molecule has 0 fully saturated rings. The van der Waals surface area contributed by atoms with Crippen LogP contribution >= 0.6 is 0 Å². The number of hydrogen-bond acceptors (Lipinski definition) is 4. The molecule has 15 aromatic rings. The summed E-state index contributed by atoms with van der Waals surface area (Å²) in [5, 5.41) is 6.86. The first kappa shape index (κ1) is 42.5. The van der Waals surface area contributed by atoms with E-state index >= 15 is 0 Å². The van der Waals surface area contributed by atoms with E-state index in [1.807, 2.05) is 24.3 Å². The second-order valence-electron chi connectivity index (χ2n) is 19.1. The van der Waals surface area contributed by atoms with Crippen LogP contribution in [0.25, 0.3) is 144 Å². The minimum Gasteiger partial charge on any atom is -0.456 e. The lowest BCUT2D eigenvalue weighted by Crippen LogP contribution is -2.03. The standard InChI is InChI=1S/C69H43N5O/c1-4-19-44(20-5-1)46-23-16-24-48(41-46)67-70-68(49-38-39-52-51-27-12-15-36-63(51)75-64(52)43-49)72-69(71-67)57-29-11-14-33-59(57)74-58-32-13-10-28-55(58)65-53(31-18-35-61(65)74)54-30-17-34-60-66(54)56-40-37-47(45-21-6-2-7-22-45)42-62(56)73(60)50-25-8-3-9-26-50/h1-43H.